The van der Waals surface area contributed by atoms with Crippen molar-refractivity contribution in [1.82, 2.24) is 0 Å². The molecule has 0 bridgehead atoms. The summed E-state index contributed by atoms with van der Waals surface area (Å²) in [5.74, 6) is 3.89. The summed E-state index contributed by atoms with van der Waals surface area (Å²) >= 11 is 0. The molecule has 0 spiro atoms. The van der Waals surface area contributed by atoms with Gasteiger partial charge in [-0.1, -0.05) is 6.92 Å². The summed E-state index contributed by atoms with van der Waals surface area (Å²) in [5, 5.41) is 0. The molecule has 1 heterocycles. The maximum absolute atomic E-state index is 11.7. The van der Waals surface area contributed by atoms with E-state index >= 15 is 0 Å². The fraction of sp³-hybridized carbons (Fsp3) is 0.632. The van der Waals surface area contributed by atoms with Crippen molar-refractivity contribution >= 4 is 16.9 Å². The highest BCUT2D eigenvalue weighted by Crippen LogP contribution is 2.29. The van der Waals surface area contributed by atoms with Crippen LogP contribution in [-0.4, -0.2) is 29.7 Å². The smallest absolute Gasteiger partial charge is 0.344 e. The molecule has 3 nitrogen and oxygen atoms in total. The molecule has 0 atom stereocenters. The van der Waals surface area contributed by atoms with Crippen molar-refractivity contribution in [3.05, 3.63) is 23.8 Å². The number of ether oxygens (including phenoxy) is 2. The van der Waals surface area contributed by atoms with Gasteiger partial charge in [-0.05, 0) is 64.7 Å². The van der Waals surface area contributed by atoms with Gasteiger partial charge < -0.3 is 9.47 Å². The first-order valence-corrected chi connectivity index (χ1v) is 9.94. The lowest BCUT2D eigenvalue weighted by Gasteiger charge is -2.20. The Morgan fingerprint density at radius 1 is 1.26 bits per heavy atom. The number of carbonyl (C=O) groups excluding carboxylic acids is 1. The highest BCUT2D eigenvalue weighted by Gasteiger charge is 2.29. The lowest BCUT2D eigenvalue weighted by Crippen LogP contribution is -2.27. The molecule has 0 aromatic heterocycles. The summed E-state index contributed by atoms with van der Waals surface area (Å²) in [4.78, 5) is 13.2. The molecule has 1 saturated heterocycles. The summed E-state index contributed by atoms with van der Waals surface area (Å²) in [7, 11) is 0.378. The molecule has 0 saturated carbocycles. The van der Waals surface area contributed by atoms with Crippen LogP contribution < -0.4 is 4.74 Å². The third-order valence-corrected chi connectivity index (χ3v) is 6.49. The number of rotatable bonds is 4. The van der Waals surface area contributed by atoms with Gasteiger partial charge in [0.15, 0.2) is 11.5 Å². The van der Waals surface area contributed by atoms with Gasteiger partial charge in [0.2, 0.25) is 0 Å². The lowest BCUT2D eigenvalue weighted by molar-refractivity contribution is -0.157. The van der Waals surface area contributed by atoms with E-state index in [1.807, 2.05) is 32.9 Å². The Morgan fingerprint density at radius 3 is 2.48 bits per heavy atom. The van der Waals surface area contributed by atoms with Crippen molar-refractivity contribution in [3.8, 4) is 5.75 Å². The SMILES string of the molecule is Cc1cc(OCC(=O)OC(C)(C)C)ccc1[S+]1CCC(C)CC1. The van der Waals surface area contributed by atoms with Crippen LogP contribution in [0.2, 0.25) is 0 Å². The molecule has 1 fully saturated rings. The number of hydrogen-bond acceptors (Lipinski definition) is 3. The highest BCUT2D eigenvalue weighted by atomic mass is 32.2. The predicted octanol–water partition coefficient (Wildman–Crippen LogP) is 4.12. The van der Waals surface area contributed by atoms with Gasteiger partial charge in [0.25, 0.3) is 0 Å². The van der Waals surface area contributed by atoms with E-state index in [2.05, 4.69) is 19.9 Å². The average molecular weight is 338 g/mol. The second-order valence-corrected chi connectivity index (χ2v) is 9.63. The molecule has 2 rings (SSSR count). The molecule has 23 heavy (non-hydrogen) atoms. The van der Waals surface area contributed by atoms with Crippen LogP contribution in [0.15, 0.2) is 23.1 Å². The van der Waals surface area contributed by atoms with Crippen LogP contribution in [0, 0.1) is 12.8 Å². The summed E-state index contributed by atoms with van der Waals surface area (Å²) in [6.45, 7) is 10.0. The highest BCUT2D eigenvalue weighted by molar-refractivity contribution is 7.97. The zero-order valence-electron chi connectivity index (χ0n) is 15.0. The summed E-state index contributed by atoms with van der Waals surface area (Å²) in [5.41, 5.74) is 0.795. The largest absolute Gasteiger partial charge is 0.482 e. The zero-order chi connectivity index (χ0) is 17.0. The number of hydrogen-bond donors (Lipinski definition) is 0. The Balaban J connectivity index is 1.93. The van der Waals surface area contributed by atoms with E-state index in [0.717, 1.165) is 11.7 Å². The second kappa shape index (κ2) is 7.61. The fourth-order valence-corrected chi connectivity index (χ4v) is 5.49. The molecule has 1 aromatic carbocycles. The molecule has 0 N–H and O–H groups in total. The van der Waals surface area contributed by atoms with E-state index < -0.39 is 5.60 Å². The monoisotopic (exact) mass is 337 g/mol. The maximum atomic E-state index is 11.7. The van der Waals surface area contributed by atoms with E-state index in [1.165, 1.54) is 34.8 Å². The first kappa shape index (κ1) is 18.2. The fourth-order valence-electron chi connectivity index (χ4n) is 2.70. The maximum Gasteiger partial charge on any atom is 0.344 e. The molecular formula is C19H29O3S+. The van der Waals surface area contributed by atoms with Crippen LogP contribution in [0.4, 0.5) is 0 Å². The summed E-state index contributed by atoms with van der Waals surface area (Å²) < 4.78 is 10.8. The minimum Gasteiger partial charge on any atom is -0.482 e. The van der Waals surface area contributed by atoms with Crippen molar-refractivity contribution in [1.29, 1.82) is 0 Å². The molecule has 1 aliphatic rings. The number of esters is 1. The summed E-state index contributed by atoms with van der Waals surface area (Å²) in [6.07, 6.45) is 2.67. The van der Waals surface area contributed by atoms with Crippen LogP contribution in [0.3, 0.4) is 0 Å². The van der Waals surface area contributed by atoms with E-state index in [9.17, 15) is 4.79 Å². The van der Waals surface area contributed by atoms with Gasteiger partial charge in [-0.15, -0.1) is 0 Å². The van der Waals surface area contributed by atoms with Crippen molar-refractivity contribution in [3.63, 3.8) is 0 Å². The van der Waals surface area contributed by atoms with E-state index in [4.69, 9.17) is 9.47 Å². The molecule has 0 amide bonds. The van der Waals surface area contributed by atoms with Gasteiger partial charge in [0.05, 0.1) is 0 Å². The molecule has 1 aromatic rings. The van der Waals surface area contributed by atoms with Crippen LogP contribution >= 0.6 is 0 Å². The van der Waals surface area contributed by atoms with E-state index in [0.29, 0.717) is 10.9 Å². The topological polar surface area (TPSA) is 35.5 Å². The van der Waals surface area contributed by atoms with E-state index in [-0.39, 0.29) is 12.6 Å². The molecule has 0 unspecified atom stereocenters. The Bertz CT molecular complexity index is 540. The standard InChI is InChI=1S/C19H29O3S/c1-14-8-10-23(11-9-14)17-7-6-16(12-15(17)2)21-13-18(20)22-19(3,4)5/h6-7,12,14H,8-11,13H2,1-5H3/q+1. The van der Waals surface area contributed by atoms with Gasteiger partial charge in [-0.25, -0.2) is 4.79 Å². The van der Waals surface area contributed by atoms with Crippen molar-refractivity contribution in [2.45, 2.75) is 58.0 Å². The quantitative estimate of drug-likeness (QED) is 0.612. The van der Waals surface area contributed by atoms with Crippen molar-refractivity contribution < 1.29 is 14.3 Å². The van der Waals surface area contributed by atoms with Gasteiger partial charge >= 0.3 is 5.97 Å². The first-order chi connectivity index (χ1) is 10.7. The minimum atomic E-state index is -0.473. The third kappa shape index (κ3) is 5.76. The first-order valence-electron chi connectivity index (χ1n) is 8.37. The average Bonchev–Trinajstić information content (AvgIpc) is 2.45. The van der Waals surface area contributed by atoms with Crippen LogP contribution in [-0.2, 0) is 20.4 Å². The lowest BCUT2D eigenvalue weighted by atomic mass is 10.1. The van der Waals surface area contributed by atoms with Crippen LogP contribution in [0.5, 0.6) is 5.75 Å². The zero-order valence-corrected chi connectivity index (χ0v) is 15.8. The Labute approximate surface area is 143 Å². The Morgan fingerprint density at radius 2 is 1.91 bits per heavy atom. The van der Waals surface area contributed by atoms with Crippen molar-refractivity contribution in [2.75, 3.05) is 18.1 Å². The second-order valence-electron chi connectivity index (χ2n) is 7.39. The van der Waals surface area contributed by atoms with E-state index in [1.54, 1.807) is 0 Å². The van der Waals surface area contributed by atoms with Gasteiger partial charge in [0.1, 0.15) is 22.9 Å². The number of carbonyl (C=O) groups is 1. The minimum absolute atomic E-state index is 0.0424. The van der Waals surface area contributed by atoms with Gasteiger partial charge in [0, 0.05) is 16.5 Å². The number of benzene rings is 1. The molecule has 0 radical (unpaired) electrons. The Kier molecular flexibility index (Phi) is 6.01. The predicted molar refractivity (Wildman–Crippen MR) is 96.3 cm³/mol. The van der Waals surface area contributed by atoms with Crippen LogP contribution in [0.25, 0.3) is 0 Å². The molecular weight excluding hydrogens is 308 g/mol. The van der Waals surface area contributed by atoms with Gasteiger partial charge in [-0.3, -0.25) is 0 Å². The molecule has 4 heteroatoms. The number of aryl methyl sites for hydroxylation is 1. The molecule has 128 valence electrons. The van der Waals surface area contributed by atoms with Gasteiger partial charge in [-0.2, -0.15) is 0 Å². The normalized spacial score (nSPS) is 21.8. The van der Waals surface area contributed by atoms with Crippen LogP contribution in [0.1, 0.15) is 46.1 Å². The third-order valence-electron chi connectivity index (χ3n) is 3.95. The summed E-state index contributed by atoms with van der Waals surface area (Å²) in [6, 6.07) is 6.21. The Hall–Kier alpha value is -1.16. The molecule has 1 aliphatic heterocycles. The van der Waals surface area contributed by atoms with Crippen molar-refractivity contribution in [2.24, 2.45) is 5.92 Å². The molecule has 0 aliphatic carbocycles.